The first-order chi connectivity index (χ1) is 10.1. The summed E-state index contributed by atoms with van der Waals surface area (Å²) in [7, 11) is -1.73. The third kappa shape index (κ3) is 3.04. The fourth-order valence-corrected chi connectivity index (χ4v) is 4.59. The summed E-state index contributed by atoms with van der Waals surface area (Å²) in [6.45, 7) is 2.09. The Morgan fingerprint density at radius 3 is 2.81 bits per heavy atom. The normalized spacial score (nSPS) is 26.5. The molecule has 2 atom stereocenters. The predicted molar refractivity (Wildman–Crippen MR) is 81.7 cm³/mol. The SMILES string of the molecule is CNc1ccc(S(=O)(=O)NC2CCN3CCCCC23)cn1. The van der Waals surface area contributed by atoms with Crippen LogP contribution >= 0.6 is 0 Å². The van der Waals surface area contributed by atoms with Crippen LogP contribution < -0.4 is 10.0 Å². The van der Waals surface area contributed by atoms with Crippen LogP contribution in [0.25, 0.3) is 0 Å². The monoisotopic (exact) mass is 310 g/mol. The molecular formula is C14H22N4O2S. The maximum atomic E-state index is 12.5. The van der Waals surface area contributed by atoms with Crippen molar-refractivity contribution in [2.75, 3.05) is 25.5 Å². The van der Waals surface area contributed by atoms with E-state index in [1.54, 1.807) is 19.2 Å². The van der Waals surface area contributed by atoms with E-state index in [1.807, 2.05) is 0 Å². The van der Waals surface area contributed by atoms with Gasteiger partial charge in [0.25, 0.3) is 0 Å². The number of hydrogen-bond donors (Lipinski definition) is 2. The first-order valence-electron chi connectivity index (χ1n) is 7.50. The first-order valence-corrected chi connectivity index (χ1v) is 8.99. The van der Waals surface area contributed by atoms with Gasteiger partial charge in [-0.1, -0.05) is 6.42 Å². The van der Waals surface area contributed by atoms with Crippen LogP contribution in [0, 0.1) is 0 Å². The smallest absolute Gasteiger partial charge is 0.242 e. The fraction of sp³-hybridized carbons (Fsp3) is 0.643. The minimum Gasteiger partial charge on any atom is -0.373 e. The summed E-state index contributed by atoms with van der Waals surface area (Å²) in [5.41, 5.74) is 0. The Labute approximate surface area is 126 Å². The van der Waals surface area contributed by atoms with Crippen LogP contribution in [0.2, 0.25) is 0 Å². The lowest BCUT2D eigenvalue weighted by atomic mass is 10.00. The van der Waals surface area contributed by atoms with E-state index in [4.69, 9.17) is 0 Å². The van der Waals surface area contributed by atoms with E-state index in [-0.39, 0.29) is 10.9 Å². The van der Waals surface area contributed by atoms with Crippen LogP contribution in [0.15, 0.2) is 23.2 Å². The number of fused-ring (bicyclic) bond motifs is 1. The van der Waals surface area contributed by atoms with Gasteiger partial charge in [-0.05, 0) is 37.9 Å². The van der Waals surface area contributed by atoms with E-state index in [2.05, 4.69) is 19.9 Å². The summed E-state index contributed by atoms with van der Waals surface area (Å²) in [5, 5.41) is 2.88. The highest BCUT2D eigenvalue weighted by atomic mass is 32.2. The van der Waals surface area contributed by atoms with Crippen LogP contribution in [0.4, 0.5) is 5.82 Å². The molecule has 2 fully saturated rings. The number of pyridine rings is 1. The Morgan fingerprint density at radius 2 is 2.10 bits per heavy atom. The van der Waals surface area contributed by atoms with Gasteiger partial charge in [-0.25, -0.2) is 18.1 Å². The van der Waals surface area contributed by atoms with Crippen molar-refractivity contribution in [3.8, 4) is 0 Å². The van der Waals surface area contributed by atoms with Gasteiger partial charge in [-0.3, -0.25) is 4.90 Å². The van der Waals surface area contributed by atoms with Gasteiger partial charge < -0.3 is 5.32 Å². The number of aromatic nitrogens is 1. The molecule has 2 saturated heterocycles. The molecule has 1 aromatic heterocycles. The van der Waals surface area contributed by atoms with Gasteiger partial charge in [0.15, 0.2) is 0 Å². The molecule has 0 saturated carbocycles. The number of piperidine rings is 1. The zero-order valence-corrected chi connectivity index (χ0v) is 13.1. The second-order valence-electron chi connectivity index (χ2n) is 5.74. The minimum atomic E-state index is -3.49. The van der Waals surface area contributed by atoms with Crippen molar-refractivity contribution in [2.24, 2.45) is 0 Å². The molecule has 116 valence electrons. The summed E-state index contributed by atoms with van der Waals surface area (Å²) < 4.78 is 27.8. The molecule has 3 heterocycles. The van der Waals surface area contributed by atoms with Crippen LogP contribution in [0.5, 0.6) is 0 Å². The van der Waals surface area contributed by atoms with E-state index >= 15 is 0 Å². The van der Waals surface area contributed by atoms with Crippen LogP contribution in [-0.2, 0) is 10.0 Å². The summed E-state index contributed by atoms with van der Waals surface area (Å²) in [4.78, 5) is 6.73. The van der Waals surface area contributed by atoms with Crippen LogP contribution in [-0.4, -0.2) is 50.5 Å². The Hall–Kier alpha value is -1.18. The summed E-state index contributed by atoms with van der Waals surface area (Å²) in [6, 6.07) is 3.66. The number of sulfonamides is 1. The molecule has 2 aliphatic rings. The molecule has 21 heavy (non-hydrogen) atoms. The van der Waals surface area contributed by atoms with Crippen molar-refractivity contribution >= 4 is 15.8 Å². The molecule has 0 radical (unpaired) electrons. The quantitative estimate of drug-likeness (QED) is 0.869. The van der Waals surface area contributed by atoms with Crippen molar-refractivity contribution < 1.29 is 8.42 Å². The molecule has 2 aliphatic heterocycles. The van der Waals surface area contributed by atoms with Crippen LogP contribution in [0.3, 0.4) is 0 Å². The molecule has 0 aromatic carbocycles. The molecule has 2 N–H and O–H groups in total. The lowest BCUT2D eigenvalue weighted by Crippen LogP contribution is -2.46. The second-order valence-corrected chi connectivity index (χ2v) is 7.46. The molecule has 2 unspecified atom stereocenters. The molecule has 6 nitrogen and oxygen atoms in total. The van der Waals surface area contributed by atoms with E-state index < -0.39 is 10.0 Å². The average Bonchev–Trinajstić information content (AvgIpc) is 2.90. The maximum Gasteiger partial charge on any atom is 0.242 e. The largest absolute Gasteiger partial charge is 0.373 e. The zero-order chi connectivity index (χ0) is 14.9. The minimum absolute atomic E-state index is 0.0271. The van der Waals surface area contributed by atoms with Crippen molar-refractivity contribution in [3.63, 3.8) is 0 Å². The van der Waals surface area contributed by atoms with Crippen molar-refractivity contribution in [1.82, 2.24) is 14.6 Å². The molecule has 1 aromatic rings. The van der Waals surface area contributed by atoms with Gasteiger partial charge >= 0.3 is 0 Å². The molecule has 0 aliphatic carbocycles. The molecule has 0 spiro atoms. The average molecular weight is 310 g/mol. The number of hydrogen-bond acceptors (Lipinski definition) is 5. The number of nitrogens with one attached hydrogen (secondary N) is 2. The Kier molecular flexibility index (Phi) is 4.14. The molecule has 0 amide bonds. The van der Waals surface area contributed by atoms with Gasteiger partial charge in [0.05, 0.1) is 0 Å². The standard InChI is InChI=1S/C14H22N4O2S/c1-15-14-6-5-11(10-16-14)21(19,20)17-12-7-9-18-8-3-2-4-13(12)18/h5-6,10,12-13,17H,2-4,7-9H2,1H3,(H,15,16). The lowest BCUT2D eigenvalue weighted by Gasteiger charge is -2.32. The zero-order valence-electron chi connectivity index (χ0n) is 12.2. The topological polar surface area (TPSA) is 74.3 Å². The van der Waals surface area contributed by atoms with Gasteiger partial charge in [-0.2, -0.15) is 0 Å². The highest BCUT2D eigenvalue weighted by Crippen LogP contribution is 2.28. The fourth-order valence-electron chi connectivity index (χ4n) is 3.34. The van der Waals surface area contributed by atoms with Gasteiger partial charge in [0.2, 0.25) is 10.0 Å². The molecule has 3 rings (SSSR count). The van der Waals surface area contributed by atoms with E-state index in [9.17, 15) is 8.42 Å². The number of nitrogens with zero attached hydrogens (tertiary/aromatic N) is 2. The van der Waals surface area contributed by atoms with E-state index in [0.717, 1.165) is 25.9 Å². The third-order valence-corrected chi connectivity index (χ3v) is 5.94. The van der Waals surface area contributed by atoms with E-state index in [1.165, 1.54) is 19.0 Å². The van der Waals surface area contributed by atoms with Crippen molar-refractivity contribution in [3.05, 3.63) is 18.3 Å². The third-order valence-electron chi connectivity index (χ3n) is 4.47. The summed E-state index contributed by atoms with van der Waals surface area (Å²) in [6.07, 6.45) is 5.81. The first kappa shape index (κ1) is 14.7. The highest BCUT2D eigenvalue weighted by Gasteiger charge is 2.37. The number of anilines is 1. The Morgan fingerprint density at radius 1 is 1.24 bits per heavy atom. The van der Waals surface area contributed by atoms with Gasteiger partial charge in [-0.15, -0.1) is 0 Å². The lowest BCUT2D eigenvalue weighted by molar-refractivity contribution is 0.186. The molecule has 7 heteroatoms. The van der Waals surface area contributed by atoms with Crippen molar-refractivity contribution in [2.45, 2.75) is 42.7 Å². The predicted octanol–water partition coefficient (Wildman–Crippen LogP) is 1.03. The van der Waals surface area contributed by atoms with E-state index in [0.29, 0.717) is 11.9 Å². The van der Waals surface area contributed by atoms with Crippen molar-refractivity contribution in [1.29, 1.82) is 0 Å². The van der Waals surface area contributed by atoms with Crippen LogP contribution in [0.1, 0.15) is 25.7 Å². The second kappa shape index (κ2) is 5.90. The molecular weight excluding hydrogens is 288 g/mol. The summed E-state index contributed by atoms with van der Waals surface area (Å²) >= 11 is 0. The maximum absolute atomic E-state index is 12.5. The highest BCUT2D eigenvalue weighted by molar-refractivity contribution is 7.89. The summed E-state index contributed by atoms with van der Waals surface area (Å²) in [5.74, 6) is 0.660. The number of rotatable bonds is 4. The van der Waals surface area contributed by atoms with Gasteiger partial charge in [0.1, 0.15) is 10.7 Å². The Balaban J connectivity index is 1.73. The Bertz CT molecular complexity index is 587. The van der Waals surface area contributed by atoms with Gasteiger partial charge in [0, 0.05) is 31.9 Å². The molecule has 0 bridgehead atoms.